The number of methoxy groups -OCH3 is 1. The van der Waals surface area contributed by atoms with Crippen LogP contribution >= 0.6 is 0 Å². The van der Waals surface area contributed by atoms with Gasteiger partial charge in [0.15, 0.2) is 0 Å². The average Bonchev–Trinajstić information content (AvgIpc) is 2.77. The minimum absolute atomic E-state index is 0.0923. The smallest absolute Gasteiger partial charge is 0.330 e. The molecule has 0 heterocycles. The third-order valence-electron chi connectivity index (χ3n) is 5.72. The third kappa shape index (κ3) is 7.43. The topological polar surface area (TPSA) is 35.5 Å². The molecule has 0 aliphatic rings. The summed E-state index contributed by atoms with van der Waals surface area (Å²) in [5.41, 5.74) is 1.59. The van der Waals surface area contributed by atoms with Gasteiger partial charge in [-0.25, -0.2) is 4.79 Å². The first kappa shape index (κ1) is 23.8. The molecule has 0 fully saturated rings. The molecule has 0 aliphatic carbocycles. The van der Waals surface area contributed by atoms with Gasteiger partial charge in [0, 0.05) is 6.08 Å². The van der Waals surface area contributed by atoms with Gasteiger partial charge in [-0.1, -0.05) is 91.1 Å². The molecule has 160 valence electrons. The lowest BCUT2D eigenvalue weighted by atomic mass is 10.1. The first-order valence-electron chi connectivity index (χ1n) is 10.5. The molecule has 0 N–H and O–H groups in total. The third-order valence-corrected chi connectivity index (χ3v) is 10.1. The SMILES string of the molecule is C=CC[C@@H](C[C@H](C/C=C/C(=O)OC)[Si](C)(C)c1ccccc1)OCc1ccccc1. The van der Waals surface area contributed by atoms with Crippen molar-refractivity contribution >= 4 is 19.2 Å². The van der Waals surface area contributed by atoms with E-state index in [9.17, 15) is 4.79 Å². The molecule has 0 radical (unpaired) electrons. The maximum absolute atomic E-state index is 11.6. The second kappa shape index (κ2) is 12.3. The summed E-state index contributed by atoms with van der Waals surface area (Å²) >= 11 is 0. The largest absolute Gasteiger partial charge is 0.466 e. The Morgan fingerprint density at radius 1 is 1.03 bits per heavy atom. The minimum Gasteiger partial charge on any atom is -0.466 e. The fraction of sp³-hybridized carbons (Fsp3) is 0.346. The van der Waals surface area contributed by atoms with Gasteiger partial charge in [0.2, 0.25) is 0 Å². The van der Waals surface area contributed by atoms with Crippen LogP contribution < -0.4 is 5.19 Å². The van der Waals surface area contributed by atoms with Crippen molar-refractivity contribution in [2.75, 3.05) is 7.11 Å². The zero-order chi connectivity index (χ0) is 21.8. The average molecular weight is 423 g/mol. The number of hydrogen-bond acceptors (Lipinski definition) is 3. The minimum atomic E-state index is -1.81. The second-order valence-corrected chi connectivity index (χ2v) is 13.0. The van der Waals surface area contributed by atoms with Crippen molar-refractivity contribution in [3.63, 3.8) is 0 Å². The molecule has 2 aromatic carbocycles. The first-order chi connectivity index (χ1) is 14.5. The van der Waals surface area contributed by atoms with Crippen LogP contribution in [-0.2, 0) is 20.9 Å². The molecular weight excluding hydrogens is 388 g/mol. The van der Waals surface area contributed by atoms with Crippen LogP contribution in [0.25, 0.3) is 0 Å². The first-order valence-corrected chi connectivity index (χ1v) is 13.6. The highest BCUT2D eigenvalue weighted by Crippen LogP contribution is 2.33. The lowest BCUT2D eigenvalue weighted by molar-refractivity contribution is -0.134. The van der Waals surface area contributed by atoms with Crippen molar-refractivity contribution in [1.29, 1.82) is 0 Å². The quantitative estimate of drug-likeness (QED) is 0.192. The molecule has 3 nitrogen and oxygen atoms in total. The number of ether oxygens (including phenoxy) is 2. The predicted octanol–water partition coefficient (Wildman–Crippen LogP) is 5.64. The zero-order valence-corrected chi connectivity index (χ0v) is 19.4. The van der Waals surface area contributed by atoms with Crippen molar-refractivity contribution in [2.45, 2.75) is 50.6 Å². The monoisotopic (exact) mass is 422 g/mol. The van der Waals surface area contributed by atoms with E-state index in [2.05, 4.69) is 62.1 Å². The molecule has 2 atom stereocenters. The number of carbonyl (C=O) groups is 1. The van der Waals surface area contributed by atoms with Gasteiger partial charge in [-0.2, -0.15) is 0 Å². The highest BCUT2D eigenvalue weighted by molar-refractivity contribution is 6.91. The van der Waals surface area contributed by atoms with E-state index in [1.165, 1.54) is 23.9 Å². The molecule has 0 saturated heterocycles. The molecule has 30 heavy (non-hydrogen) atoms. The Hall–Kier alpha value is -2.43. The summed E-state index contributed by atoms with van der Waals surface area (Å²) in [5.74, 6) is -0.309. The van der Waals surface area contributed by atoms with E-state index < -0.39 is 8.07 Å². The maximum Gasteiger partial charge on any atom is 0.330 e. The molecule has 0 aromatic heterocycles. The number of esters is 1. The molecule has 2 aromatic rings. The lowest BCUT2D eigenvalue weighted by Gasteiger charge is -2.35. The van der Waals surface area contributed by atoms with Crippen LogP contribution in [0.5, 0.6) is 0 Å². The van der Waals surface area contributed by atoms with E-state index in [4.69, 9.17) is 9.47 Å². The van der Waals surface area contributed by atoms with Crippen LogP contribution in [0.1, 0.15) is 24.8 Å². The van der Waals surface area contributed by atoms with Gasteiger partial charge < -0.3 is 9.47 Å². The molecule has 0 bridgehead atoms. The molecule has 0 amide bonds. The van der Waals surface area contributed by atoms with Gasteiger partial charge in [0.1, 0.15) is 0 Å². The van der Waals surface area contributed by atoms with E-state index in [1.54, 1.807) is 0 Å². The Morgan fingerprint density at radius 2 is 1.67 bits per heavy atom. The Labute approximate surface area is 182 Å². The van der Waals surface area contributed by atoms with Crippen LogP contribution in [0.15, 0.2) is 85.5 Å². The molecule has 0 saturated carbocycles. The number of hydrogen-bond donors (Lipinski definition) is 0. The molecule has 2 rings (SSSR count). The molecular formula is C26H34O3Si. The number of benzene rings is 2. The summed E-state index contributed by atoms with van der Waals surface area (Å²) in [4.78, 5) is 11.6. The van der Waals surface area contributed by atoms with Gasteiger partial charge in [-0.3, -0.25) is 0 Å². The summed E-state index contributed by atoms with van der Waals surface area (Å²) < 4.78 is 11.1. The van der Waals surface area contributed by atoms with Crippen LogP contribution in [0.3, 0.4) is 0 Å². The van der Waals surface area contributed by atoms with Gasteiger partial charge in [0.05, 0.1) is 27.9 Å². The molecule has 0 unspecified atom stereocenters. The Morgan fingerprint density at radius 3 is 2.27 bits per heavy atom. The van der Waals surface area contributed by atoms with Crippen molar-refractivity contribution < 1.29 is 14.3 Å². The van der Waals surface area contributed by atoms with Crippen molar-refractivity contribution in [1.82, 2.24) is 0 Å². The van der Waals surface area contributed by atoms with Crippen LogP contribution in [0, 0.1) is 0 Å². The van der Waals surface area contributed by atoms with E-state index in [1.807, 2.05) is 30.4 Å². The van der Waals surface area contributed by atoms with Crippen molar-refractivity contribution in [2.24, 2.45) is 0 Å². The lowest BCUT2D eigenvalue weighted by Crippen LogP contribution is -2.47. The summed E-state index contributed by atoms with van der Waals surface area (Å²) in [6.45, 7) is 9.34. The van der Waals surface area contributed by atoms with Gasteiger partial charge in [0.25, 0.3) is 0 Å². The zero-order valence-electron chi connectivity index (χ0n) is 18.4. The highest BCUT2D eigenvalue weighted by Gasteiger charge is 2.34. The summed E-state index contributed by atoms with van der Waals surface area (Å²) in [5, 5.41) is 1.42. The standard InChI is InChI=1S/C26H34O3Si/c1-5-13-23(29-21-22-14-8-6-9-15-22)20-25(18-12-19-26(27)28-2)30(3,4)24-16-10-7-11-17-24/h5-12,14-17,19,23,25H,1,13,18,20-21H2,2-4H3/b19-12+/t23-,25-/m0/s1. The van der Waals surface area contributed by atoms with Gasteiger partial charge >= 0.3 is 5.97 Å². The van der Waals surface area contributed by atoms with E-state index in [0.717, 1.165) is 19.3 Å². The highest BCUT2D eigenvalue weighted by atomic mass is 28.3. The summed E-state index contributed by atoms with van der Waals surface area (Å²) in [6.07, 6.45) is 8.09. The predicted molar refractivity (Wildman–Crippen MR) is 128 cm³/mol. The number of rotatable bonds is 12. The Bertz CT molecular complexity index is 800. The number of allylic oxidation sites excluding steroid dienone is 1. The summed E-state index contributed by atoms with van der Waals surface area (Å²) in [6, 6.07) is 21.0. The normalized spacial score (nSPS) is 13.7. The van der Waals surface area contributed by atoms with Crippen LogP contribution in [0.2, 0.25) is 18.6 Å². The van der Waals surface area contributed by atoms with E-state index >= 15 is 0 Å². The molecule has 4 heteroatoms. The Balaban J connectivity index is 2.18. The molecule has 0 spiro atoms. The fourth-order valence-corrected chi connectivity index (χ4v) is 6.81. The van der Waals surface area contributed by atoms with Crippen LogP contribution in [-0.4, -0.2) is 27.3 Å². The van der Waals surface area contributed by atoms with Crippen molar-refractivity contribution in [3.05, 3.63) is 91.0 Å². The fourth-order valence-electron chi connectivity index (χ4n) is 3.71. The maximum atomic E-state index is 11.6. The van der Waals surface area contributed by atoms with Crippen LogP contribution in [0.4, 0.5) is 0 Å². The molecule has 0 aliphatic heterocycles. The van der Waals surface area contributed by atoms with Crippen molar-refractivity contribution in [3.8, 4) is 0 Å². The second-order valence-electron chi connectivity index (χ2n) is 8.12. The summed E-state index contributed by atoms with van der Waals surface area (Å²) in [7, 11) is -0.402. The van der Waals surface area contributed by atoms with E-state index in [-0.39, 0.29) is 12.1 Å². The van der Waals surface area contributed by atoms with E-state index in [0.29, 0.717) is 12.1 Å². The number of carbonyl (C=O) groups excluding carboxylic acids is 1. The van der Waals surface area contributed by atoms with Gasteiger partial charge in [-0.05, 0) is 30.4 Å². The Kier molecular flexibility index (Phi) is 9.78. The van der Waals surface area contributed by atoms with Gasteiger partial charge in [-0.15, -0.1) is 6.58 Å².